The molecule has 134 valence electrons. The van der Waals surface area contributed by atoms with Crippen LogP contribution in [0.25, 0.3) is 0 Å². The highest BCUT2D eigenvalue weighted by Crippen LogP contribution is 2.34. The van der Waals surface area contributed by atoms with Crippen LogP contribution < -0.4 is 15.0 Å². The molecule has 0 saturated carbocycles. The summed E-state index contributed by atoms with van der Waals surface area (Å²) in [4.78, 5) is 41.8. The van der Waals surface area contributed by atoms with Crippen LogP contribution in [0.15, 0.2) is 42.7 Å². The number of fused-ring (bicyclic) bond motifs is 1. The molecule has 0 saturated heterocycles. The van der Waals surface area contributed by atoms with Gasteiger partial charge >= 0.3 is 0 Å². The van der Waals surface area contributed by atoms with Gasteiger partial charge < -0.3 is 10.1 Å². The normalized spacial score (nSPS) is 15.8. The van der Waals surface area contributed by atoms with E-state index in [2.05, 4.69) is 10.3 Å². The van der Waals surface area contributed by atoms with Crippen molar-refractivity contribution in [2.75, 3.05) is 11.4 Å². The van der Waals surface area contributed by atoms with Crippen molar-refractivity contribution in [1.29, 1.82) is 0 Å². The molecule has 2 amide bonds. The van der Waals surface area contributed by atoms with Crippen molar-refractivity contribution in [3.05, 3.63) is 53.9 Å². The molecule has 1 aromatic heterocycles. The molecule has 1 aliphatic heterocycles. The van der Waals surface area contributed by atoms with E-state index in [0.717, 1.165) is 5.56 Å². The number of carbonyl (C=O) groups is 3. The third-order valence-electron chi connectivity index (χ3n) is 4.09. The number of hydrogen-bond acceptors (Lipinski definition) is 5. The maximum absolute atomic E-state index is 12.5. The third kappa shape index (κ3) is 3.72. The quantitative estimate of drug-likeness (QED) is 0.827. The van der Waals surface area contributed by atoms with E-state index in [4.69, 9.17) is 4.74 Å². The number of pyridine rings is 1. The molecular formula is C19H19N3O4. The van der Waals surface area contributed by atoms with Crippen LogP contribution in [0, 0.1) is 0 Å². The van der Waals surface area contributed by atoms with Gasteiger partial charge in [0.25, 0.3) is 5.91 Å². The van der Waals surface area contributed by atoms with Crippen molar-refractivity contribution >= 4 is 23.3 Å². The van der Waals surface area contributed by atoms with Crippen LogP contribution in [-0.4, -0.2) is 35.2 Å². The molecule has 1 aromatic carbocycles. The fourth-order valence-corrected chi connectivity index (χ4v) is 2.69. The van der Waals surface area contributed by atoms with Gasteiger partial charge in [-0.05, 0) is 43.7 Å². The van der Waals surface area contributed by atoms with Gasteiger partial charge in [-0.1, -0.05) is 6.07 Å². The first-order valence-corrected chi connectivity index (χ1v) is 8.24. The van der Waals surface area contributed by atoms with E-state index >= 15 is 0 Å². The van der Waals surface area contributed by atoms with Crippen LogP contribution in [0.3, 0.4) is 0 Å². The molecule has 1 atom stereocenters. The van der Waals surface area contributed by atoms with Gasteiger partial charge in [0.15, 0.2) is 11.9 Å². The summed E-state index contributed by atoms with van der Waals surface area (Å²) >= 11 is 0. The lowest BCUT2D eigenvalue weighted by molar-refractivity contribution is -0.128. The molecule has 7 nitrogen and oxygen atoms in total. The summed E-state index contributed by atoms with van der Waals surface area (Å²) in [5.74, 6) is -0.285. The van der Waals surface area contributed by atoms with Gasteiger partial charge in [0, 0.05) is 24.5 Å². The Labute approximate surface area is 151 Å². The summed E-state index contributed by atoms with van der Waals surface area (Å²) in [6, 6.07) is 8.51. The molecule has 2 aromatic rings. The number of benzene rings is 1. The summed E-state index contributed by atoms with van der Waals surface area (Å²) in [6.45, 7) is 3.24. The van der Waals surface area contributed by atoms with Crippen LogP contribution in [0.1, 0.15) is 29.8 Å². The highest BCUT2D eigenvalue weighted by molar-refractivity contribution is 6.05. The Morgan fingerprint density at radius 1 is 1.31 bits per heavy atom. The first-order chi connectivity index (χ1) is 12.5. The maximum atomic E-state index is 12.5. The molecule has 0 bridgehead atoms. The highest BCUT2D eigenvalue weighted by atomic mass is 16.5. The second-order valence-electron chi connectivity index (χ2n) is 6.06. The number of rotatable bonds is 5. The predicted octanol–water partition coefficient (Wildman–Crippen LogP) is 1.71. The number of hydrogen-bond donors (Lipinski definition) is 1. The topological polar surface area (TPSA) is 88.6 Å². The Bertz CT molecular complexity index is 851. The molecule has 0 spiro atoms. The Kier molecular flexibility index (Phi) is 4.97. The minimum Gasteiger partial charge on any atom is -0.479 e. The van der Waals surface area contributed by atoms with Crippen molar-refractivity contribution in [2.45, 2.75) is 26.5 Å². The molecule has 7 heteroatoms. The Morgan fingerprint density at radius 3 is 2.81 bits per heavy atom. The van der Waals surface area contributed by atoms with Gasteiger partial charge in [0.2, 0.25) is 5.91 Å². The Morgan fingerprint density at radius 2 is 2.12 bits per heavy atom. The van der Waals surface area contributed by atoms with E-state index in [9.17, 15) is 14.4 Å². The molecule has 0 fully saturated rings. The first-order valence-electron chi connectivity index (χ1n) is 8.24. The van der Waals surface area contributed by atoms with E-state index in [0.29, 0.717) is 23.5 Å². The second-order valence-corrected chi connectivity index (χ2v) is 6.06. The Hall–Kier alpha value is -3.22. The van der Waals surface area contributed by atoms with Gasteiger partial charge in [-0.25, -0.2) is 0 Å². The zero-order valence-electron chi connectivity index (χ0n) is 14.6. The maximum Gasteiger partial charge on any atom is 0.268 e. The summed E-state index contributed by atoms with van der Waals surface area (Å²) in [7, 11) is 0. The van der Waals surface area contributed by atoms with Crippen LogP contribution >= 0.6 is 0 Å². The summed E-state index contributed by atoms with van der Waals surface area (Å²) in [6.07, 6.45) is 2.62. The van der Waals surface area contributed by atoms with E-state index in [1.807, 2.05) is 6.07 Å². The molecule has 0 aliphatic carbocycles. The molecule has 2 heterocycles. The number of ketones is 1. The highest BCUT2D eigenvalue weighted by Gasteiger charge is 2.33. The molecule has 1 unspecified atom stereocenters. The lowest BCUT2D eigenvalue weighted by atomic mass is 10.1. The summed E-state index contributed by atoms with van der Waals surface area (Å²) < 4.78 is 5.58. The van der Waals surface area contributed by atoms with Gasteiger partial charge in [-0.3, -0.25) is 24.3 Å². The monoisotopic (exact) mass is 353 g/mol. The van der Waals surface area contributed by atoms with Crippen LogP contribution in [0.2, 0.25) is 0 Å². The van der Waals surface area contributed by atoms with Crippen molar-refractivity contribution in [3.8, 4) is 5.75 Å². The minimum absolute atomic E-state index is 0.125. The summed E-state index contributed by atoms with van der Waals surface area (Å²) in [5.41, 5.74) is 1.74. The Balaban J connectivity index is 1.77. The predicted molar refractivity (Wildman–Crippen MR) is 95.0 cm³/mol. The number of aromatic nitrogens is 1. The lowest BCUT2D eigenvalue weighted by Crippen LogP contribution is -2.48. The van der Waals surface area contributed by atoms with Crippen molar-refractivity contribution < 1.29 is 19.1 Å². The molecule has 1 N–H and O–H groups in total. The standard InChI is InChI=1S/C19H19N3O4/c1-12(23)15-5-6-17-16(8-15)22(19(25)13(2)26-17)11-18(24)21-10-14-4-3-7-20-9-14/h3-9,13H,10-11H2,1-2H3,(H,21,24). The first kappa shape index (κ1) is 17.6. The number of anilines is 1. The van der Waals surface area contributed by atoms with Crippen LogP contribution in [-0.2, 0) is 16.1 Å². The zero-order chi connectivity index (χ0) is 18.7. The number of ether oxygens (including phenoxy) is 1. The van der Waals surface area contributed by atoms with Gasteiger partial charge in [-0.15, -0.1) is 0 Å². The van der Waals surface area contributed by atoms with Gasteiger partial charge in [-0.2, -0.15) is 0 Å². The van der Waals surface area contributed by atoms with E-state index in [1.165, 1.54) is 11.8 Å². The zero-order valence-corrected chi connectivity index (χ0v) is 14.6. The molecule has 1 aliphatic rings. The third-order valence-corrected chi connectivity index (χ3v) is 4.09. The minimum atomic E-state index is -0.697. The smallest absolute Gasteiger partial charge is 0.268 e. The average molecular weight is 353 g/mol. The molecule has 0 radical (unpaired) electrons. The number of Topliss-reactive ketones (excluding diaryl/α,β-unsaturated/α-hetero) is 1. The van der Waals surface area contributed by atoms with Gasteiger partial charge in [0.05, 0.1) is 5.69 Å². The van der Waals surface area contributed by atoms with Crippen molar-refractivity contribution in [1.82, 2.24) is 10.3 Å². The largest absolute Gasteiger partial charge is 0.479 e. The number of nitrogens with one attached hydrogen (secondary N) is 1. The number of nitrogens with zero attached hydrogens (tertiary/aromatic N) is 2. The van der Waals surface area contributed by atoms with Crippen molar-refractivity contribution in [2.24, 2.45) is 0 Å². The second kappa shape index (κ2) is 7.35. The van der Waals surface area contributed by atoms with E-state index in [1.54, 1.807) is 43.6 Å². The van der Waals surface area contributed by atoms with E-state index in [-0.39, 0.29) is 24.1 Å². The average Bonchev–Trinajstić information content (AvgIpc) is 2.64. The fourth-order valence-electron chi connectivity index (χ4n) is 2.69. The molecular weight excluding hydrogens is 334 g/mol. The van der Waals surface area contributed by atoms with Crippen LogP contribution in [0.5, 0.6) is 5.75 Å². The van der Waals surface area contributed by atoms with E-state index < -0.39 is 6.10 Å². The molecule has 26 heavy (non-hydrogen) atoms. The van der Waals surface area contributed by atoms with Gasteiger partial charge in [0.1, 0.15) is 12.3 Å². The summed E-state index contributed by atoms with van der Waals surface area (Å²) in [5, 5.41) is 2.77. The SMILES string of the molecule is CC(=O)c1ccc2c(c1)N(CC(=O)NCc1cccnc1)C(=O)C(C)O2. The lowest BCUT2D eigenvalue weighted by Gasteiger charge is -2.32. The number of amides is 2. The fraction of sp³-hybridized carbons (Fsp3) is 0.263. The van der Waals surface area contributed by atoms with Crippen LogP contribution in [0.4, 0.5) is 5.69 Å². The van der Waals surface area contributed by atoms with Crippen molar-refractivity contribution in [3.63, 3.8) is 0 Å². The molecule has 3 rings (SSSR count). The number of carbonyl (C=O) groups excluding carboxylic acids is 3.